The van der Waals surface area contributed by atoms with E-state index in [9.17, 15) is 18.0 Å². The Morgan fingerprint density at radius 1 is 1.20 bits per heavy atom. The summed E-state index contributed by atoms with van der Waals surface area (Å²) in [6, 6.07) is 11.4. The lowest BCUT2D eigenvalue weighted by Crippen LogP contribution is -2.42. The van der Waals surface area contributed by atoms with Gasteiger partial charge in [0, 0.05) is 21.3 Å². The third-order valence-corrected chi connectivity index (χ3v) is 4.68. The number of esters is 1. The second-order valence-corrected chi connectivity index (χ2v) is 7.01. The van der Waals surface area contributed by atoms with Crippen molar-refractivity contribution in [3.63, 3.8) is 0 Å². The number of ether oxygens (including phenoxy) is 1. The Labute approximate surface area is 180 Å². The lowest BCUT2D eigenvalue weighted by molar-refractivity contribution is -0.140. The van der Waals surface area contributed by atoms with E-state index < -0.39 is 29.5 Å². The fraction of sp³-hybridized carbons (Fsp3) is 0.200. The van der Waals surface area contributed by atoms with Crippen LogP contribution in [0.1, 0.15) is 18.5 Å². The number of carbonyl (C=O) groups excluding carboxylic acids is 1. The summed E-state index contributed by atoms with van der Waals surface area (Å²) in [5, 5.41) is 5.34. The molecule has 0 spiro atoms. The van der Waals surface area contributed by atoms with Crippen molar-refractivity contribution in [1.82, 2.24) is 5.32 Å². The molecule has 1 heterocycles. The second kappa shape index (κ2) is 8.97. The number of para-hydroxylation sites is 1. The van der Waals surface area contributed by atoms with Gasteiger partial charge in [-0.05, 0) is 31.2 Å². The molecule has 0 aromatic heterocycles. The predicted molar refractivity (Wildman–Crippen MR) is 110 cm³/mol. The molecule has 0 fully saturated rings. The standard InChI is InChI=1S/C20H16Cl2F3N3O2/c1-2-30-18(29)15-16(13-9-8-11(21)10-14(13)22)27-19(28-17(15)20(23,24)25)26-12-6-4-3-5-7-12/h3-10,16H,2H2,1H3,(H2,26,27,28). The minimum Gasteiger partial charge on any atom is -0.463 e. The molecule has 10 heteroatoms. The van der Waals surface area contributed by atoms with Gasteiger partial charge < -0.3 is 15.4 Å². The smallest absolute Gasteiger partial charge is 0.431 e. The average Bonchev–Trinajstić information content (AvgIpc) is 2.67. The van der Waals surface area contributed by atoms with E-state index in [1.54, 1.807) is 30.3 Å². The molecule has 3 rings (SSSR count). The molecule has 2 aromatic rings. The molecule has 0 bridgehead atoms. The average molecular weight is 458 g/mol. The molecular weight excluding hydrogens is 442 g/mol. The summed E-state index contributed by atoms with van der Waals surface area (Å²) < 4.78 is 46.6. The lowest BCUT2D eigenvalue weighted by atomic mass is 9.95. The molecule has 30 heavy (non-hydrogen) atoms. The van der Waals surface area contributed by atoms with Crippen LogP contribution in [0.5, 0.6) is 0 Å². The highest BCUT2D eigenvalue weighted by Gasteiger charge is 2.45. The first kappa shape index (κ1) is 22.0. The summed E-state index contributed by atoms with van der Waals surface area (Å²) >= 11 is 12.1. The Morgan fingerprint density at radius 2 is 1.90 bits per heavy atom. The Kier molecular flexibility index (Phi) is 6.58. The maximum Gasteiger partial charge on any atom is 0.431 e. The van der Waals surface area contributed by atoms with E-state index in [-0.39, 0.29) is 23.2 Å². The van der Waals surface area contributed by atoms with Crippen molar-refractivity contribution in [3.05, 3.63) is 75.4 Å². The number of halogens is 5. The van der Waals surface area contributed by atoms with Crippen LogP contribution >= 0.6 is 23.2 Å². The quantitative estimate of drug-likeness (QED) is 0.596. The summed E-state index contributed by atoms with van der Waals surface area (Å²) in [6.45, 7) is 1.39. The van der Waals surface area contributed by atoms with Crippen LogP contribution in [0, 0.1) is 0 Å². The predicted octanol–water partition coefficient (Wildman–Crippen LogP) is 5.49. The van der Waals surface area contributed by atoms with Crippen molar-refractivity contribution >= 4 is 40.8 Å². The van der Waals surface area contributed by atoms with Crippen molar-refractivity contribution in [2.45, 2.75) is 19.1 Å². The Balaban J connectivity index is 2.16. The van der Waals surface area contributed by atoms with Crippen molar-refractivity contribution in [2.75, 3.05) is 11.9 Å². The molecule has 0 radical (unpaired) electrons. The number of benzene rings is 2. The molecule has 1 unspecified atom stereocenters. The van der Waals surface area contributed by atoms with Gasteiger partial charge in [0.1, 0.15) is 11.7 Å². The molecule has 1 atom stereocenters. The van der Waals surface area contributed by atoms with Gasteiger partial charge in [0.15, 0.2) is 0 Å². The number of carbonyl (C=O) groups is 1. The van der Waals surface area contributed by atoms with Gasteiger partial charge in [-0.3, -0.25) is 0 Å². The van der Waals surface area contributed by atoms with Crippen molar-refractivity contribution in [2.24, 2.45) is 4.99 Å². The van der Waals surface area contributed by atoms with Crippen LogP contribution in [-0.4, -0.2) is 24.7 Å². The Hall–Kier alpha value is -2.71. The topological polar surface area (TPSA) is 62.7 Å². The van der Waals surface area contributed by atoms with E-state index in [1.165, 1.54) is 25.1 Å². The monoisotopic (exact) mass is 457 g/mol. The number of nitrogens with zero attached hydrogens (tertiary/aromatic N) is 1. The number of rotatable bonds is 4. The van der Waals surface area contributed by atoms with Crippen LogP contribution in [0.4, 0.5) is 18.9 Å². The van der Waals surface area contributed by atoms with Crippen molar-refractivity contribution in [3.8, 4) is 0 Å². The van der Waals surface area contributed by atoms with E-state index in [4.69, 9.17) is 27.9 Å². The summed E-state index contributed by atoms with van der Waals surface area (Å²) in [6.07, 6.45) is -4.88. The van der Waals surface area contributed by atoms with Gasteiger partial charge in [-0.1, -0.05) is 47.5 Å². The number of allylic oxidation sites excluding steroid dienone is 1. The third-order valence-electron chi connectivity index (χ3n) is 4.12. The first-order valence-corrected chi connectivity index (χ1v) is 9.56. The number of guanidine groups is 1. The molecule has 5 nitrogen and oxygen atoms in total. The van der Waals surface area contributed by atoms with E-state index >= 15 is 0 Å². The zero-order valence-electron chi connectivity index (χ0n) is 15.6. The highest BCUT2D eigenvalue weighted by molar-refractivity contribution is 6.35. The molecule has 158 valence electrons. The first-order valence-electron chi connectivity index (χ1n) is 8.81. The number of anilines is 1. The number of nitrogens with one attached hydrogen (secondary N) is 2. The molecule has 0 saturated heterocycles. The molecule has 2 N–H and O–H groups in total. The van der Waals surface area contributed by atoms with E-state index in [0.29, 0.717) is 10.7 Å². The van der Waals surface area contributed by atoms with Gasteiger partial charge in [0.2, 0.25) is 5.96 Å². The van der Waals surface area contributed by atoms with E-state index in [2.05, 4.69) is 15.6 Å². The number of aliphatic imine (C=N–C) groups is 1. The van der Waals surface area contributed by atoms with Crippen LogP contribution in [0.15, 0.2) is 64.8 Å². The molecule has 0 saturated carbocycles. The van der Waals surface area contributed by atoms with Crippen molar-refractivity contribution in [1.29, 1.82) is 0 Å². The zero-order valence-corrected chi connectivity index (χ0v) is 17.1. The van der Waals surface area contributed by atoms with Crippen LogP contribution in [0.3, 0.4) is 0 Å². The molecule has 2 aromatic carbocycles. The second-order valence-electron chi connectivity index (χ2n) is 6.17. The highest BCUT2D eigenvalue weighted by atomic mass is 35.5. The number of hydrogen-bond donors (Lipinski definition) is 2. The molecular formula is C20H16Cl2F3N3O2. The summed E-state index contributed by atoms with van der Waals surface area (Å²) in [5.41, 5.74) is -1.27. The summed E-state index contributed by atoms with van der Waals surface area (Å²) in [4.78, 5) is 16.8. The van der Waals surface area contributed by atoms with Gasteiger partial charge in [0.05, 0.1) is 12.2 Å². The minimum absolute atomic E-state index is 0.0699. The van der Waals surface area contributed by atoms with Gasteiger partial charge in [-0.2, -0.15) is 13.2 Å². The SMILES string of the molecule is CCOC(=O)C1=C(C(F)(F)F)NC(Nc2ccccc2)=NC1c1ccc(Cl)cc1Cl. The normalized spacial score (nSPS) is 16.6. The minimum atomic E-state index is -4.88. The van der Waals surface area contributed by atoms with Crippen LogP contribution < -0.4 is 10.6 Å². The molecule has 0 amide bonds. The van der Waals surface area contributed by atoms with Gasteiger partial charge >= 0.3 is 12.1 Å². The summed E-state index contributed by atoms with van der Waals surface area (Å²) in [7, 11) is 0. The largest absolute Gasteiger partial charge is 0.463 e. The third kappa shape index (κ3) is 4.88. The zero-order chi connectivity index (χ0) is 21.9. The Morgan fingerprint density at radius 3 is 2.50 bits per heavy atom. The summed E-state index contributed by atoms with van der Waals surface area (Å²) in [5.74, 6) is -1.34. The van der Waals surface area contributed by atoms with Gasteiger partial charge in [-0.15, -0.1) is 0 Å². The van der Waals surface area contributed by atoms with Crippen molar-refractivity contribution < 1.29 is 22.7 Å². The fourth-order valence-corrected chi connectivity index (χ4v) is 3.38. The van der Waals surface area contributed by atoms with Gasteiger partial charge in [-0.25, -0.2) is 9.79 Å². The van der Waals surface area contributed by atoms with Crippen LogP contribution in [-0.2, 0) is 9.53 Å². The van der Waals surface area contributed by atoms with Crippen LogP contribution in [0.2, 0.25) is 10.0 Å². The maximum absolute atomic E-state index is 13.9. The Bertz CT molecular complexity index is 1010. The fourth-order valence-electron chi connectivity index (χ4n) is 2.86. The van der Waals surface area contributed by atoms with Crippen LogP contribution in [0.25, 0.3) is 0 Å². The molecule has 0 aliphatic carbocycles. The van der Waals surface area contributed by atoms with E-state index in [1.807, 2.05) is 0 Å². The first-order chi connectivity index (χ1) is 14.2. The maximum atomic E-state index is 13.9. The lowest BCUT2D eigenvalue weighted by Gasteiger charge is -2.29. The highest BCUT2D eigenvalue weighted by Crippen LogP contribution is 2.40. The van der Waals surface area contributed by atoms with Gasteiger partial charge in [0.25, 0.3) is 0 Å². The number of alkyl halides is 3. The molecule has 1 aliphatic heterocycles. The molecule has 1 aliphatic rings. The number of hydrogen-bond acceptors (Lipinski definition) is 5. The van der Waals surface area contributed by atoms with E-state index in [0.717, 1.165) is 0 Å².